The summed E-state index contributed by atoms with van der Waals surface area (Å²) in [7, 11) is 0. The van der Waals surface area contributed by atoms with E-state index in [-0.39, 0.29) is 31.3 Å². The first kappa shape index (κ1) is 15.8. The van der Waals surface area contributed by atoms with Crippen LogP contribution in [-0.2, 0) is 11.3 Å². The van der Waals surface area contributed by atoms with E-state index in [1.54, 1.807) is 0 Å². The third kappa shape index (κ3) is 4.75. The SMILES string of the molecule is O=C(Nc1ccc(F)cc1OCCO)OCc1ccccc1. The maximum atomic E-state index is 13.2. The molecule has 0 aromatic heterocycles. The summed E-state index contributed by atoms with van der Waals surface area (Å²) in [5.41, 5.74) is 1.13. The van der Waals surface area contributed by atoms with E-state index >= 15 is 0 Å². The zero-order valence-corrected chi connectivity index (χ0v) is 11.8. The average Bonchev–Trinajstić information content (AvgIpc) is 2.54. The molecule has 1 amide bonds. The topological polar surface area (TPSA) is 67.8 Å². The van der Waals surface area contributed by atoms with Crippen LogP contribution in [0.15, 0.2) is 48.5 Å². The van der Waals surface area contributed by atoms with Gasteiger partial charge in [0.25, 0.3) is 0 Å². The van der Waals surface area contributed by atoms with E-state index in [9.17, 15) is 9.18 Å². The van der Waals surface area contributed by atoms with Gasteiger partial charge in [-0.1, -0.05) is 30.3 Å². The lowest BCUT2D eigenvalue weighted by Crippen LogP contribution is -2.15. The summed E-state index contributed by atoms with van der Waals surface area (Å²) in [6, 6.07) is 12.9. The van der Waals surface area contributed by atoms with E-state index in [1.807, 2.05) is 30.3 Å². The number of ether oxygens (including phenoxy) is 2. The number of carbonyl (C=O) groups excluding carboxylic acids is 1. The summed E-state index contributed by atoms with van der Waals surface area (Å²) in [6.07, 6.45) is -0.677. The van der Waals surface area contributed by atoms with Crippen molar-refractivity contribution in [3.63, 3.8) is 0 Å². The van der Waals surface area contributed by atoms with Crippen molar-refractivity contribution in [3.8, 4) is 5.75 Å². The minimum atomic E-state index is -0.677. The summed E-state index contributed by atoms with van der Waals surface area (Å²) in [5.74, 6) is -0.373. The van der Waals surface area contributed by atoms with Crippen molar-refractivity contribution in [2.24, 2.45) is 0 Å². The molecule has 0 aliphatic rings. The fourth-order valence-electron chi connectivity index (χ4n) is 1.74. The Morgan fingerprint density at radius 2 is 1.95 bits per heavy atom. The minimum Gasteiger partial charge on any atom is -0.489 e. The van der Waals surface area contributed by atoms with Gasteiger partial charge in [-0.15, -0.1) is 0 Å². The highest BCUT2D eigenvalue weighted by Crippen LogP contribution is 2.25. The molecule has 0 bridgehead atoms. The standard InChI is InChI=1S/C16H16FNO4/c17-13-6-7-14(15(10-13)21-9-8-19)18-16(20)22-11-12-4-2-1-3-5-12/h1-7,10,19H,8-9,11H2,(H,18,20). The Labute approximate surface area is 127 Å². The van der Waals surface area contributed by atoms with E-state index in [0.29, 0.717) is 0 Å². The molecule has 116 valence electrons. The molecule has 0 heterocycles. The number of hydrogen-bond donors (Lipinski definition) is 2. The number of benzene rings is 2. The van der Waals surface area contributed by atoms with Crippen molar-refractivity contribution < 1.29 is 23.8 Å². The molecule has 2 aromatic carbocycles. The van der Waals surface area contributed by atoms with Crippen LogP contribution in [-0.4, -0.2) is 24.4 Å². The fraction of sp³-hybridized carbons (Fsp3) is 0.188. The van der Waals surface area contributed by atoms with E-state index in [4.69, 9.17) is 14.6 Å². The van der Waals surface area contributed by atoms with Crippen LogP contribution in [0.3, 0.4) is 0 Å². The predicted octanol–water partition coefficient (Wildman–Crippen LogP) is 2.95. The number of nitrogens with one attached hydrogen (secondary N) is 1. The van der Waals surface area contributed by atoms with E-state index in [0.717, 1.165) is 11.6 Å². The molecule has 0 aliphatic heterocycles. The first-order chi connectivity index (χ1) is 10.7. The van der Waals surface area contributed by atoms with Gasteiger partial charge in [0, 0.05) is 6.07 Å². The smallest absolute Gasteiger partial charge is 0.412 e. The lowest BCUT2D eigenvalue weighted by atomic mass is 10.2. The normalized spacial score (nSPS) is 10.1. The molecule has 6 heteroatoms. The molecule has 2 rings (SSSR count). The van der Waals surface area contributed by atoms with Crippen LogP contribution in [0.2, 0.25) is 0 Å². The van der Waals surface area contributed by atoms with Crippen molar-refractivity contribution in [2.45, 2.75) is 6.61 Å². The third-order valence-electron chi connectivity index (χ3n) is 2.74. The number of hydrogen-bond acceptors (Lipinski definition) is 4. The van der Waals surface area contributed by atoms with Crippen molar-refractivity contribution in [2.75, 3.05) is 18.5 Å². The van der Waals surface area contributed by atoms with Crippen molar-refractivity contribution in [1.82, 2.24) is 0 Å². The number of amides is 1. The van der Waals surface area contributed by atoms with Gasteiger partial charge < -0.3 is 14.6 Å². The van der Waals surface area contributed by atoms with Crippen LogP contribution in [0.1, 0.15) is 5.56 Å². The van der Waals surface area contributed by atoms with E-state index in [2.05, 4.69) is 5.32 Å². The Morgan fingerprint density at radius 3 is 2.68 bits per heavy atom. The number of anilines is 1. The molecule has 0 fully saturated rings. The molecule has 0 atom stereocenters. The van der Waals surface area contributed by atoms with Gasteiger partial charge in [-0.05, 0) is 17.7 Å². The molecule has 0 unspecified atom stereocenters. The first-order valence-corrected chi connectivity index (χ1v) is 6.70. The molecular formula is C16H16FNO4. The largest absolute Gasteiger partial charge is 0.489 e. The summed E-state index contributed by atoms with van der Waals surface area (Å²) >= 11 is 0. The fourth-order valence-corrected chi connectivity index (χ4v) is 1.74. The zero-order valence-electron chi connectivity index (χ0n) is 11.8. The highest BCUT2D eigenvalue weighted by molar-refractivity contribution is 5.86. The van der Waals surface area contributed by atoms with Crippen LogP contribution in [0, 0.1) is 5.82 Å². The van der Waals surface area contributed by atoms with Gasteiger partial charge in [0.2, 0.25) is 0 Å². The van der Waals surface area contributed by atoms with Crippen LogP contribution in [0.4, 0.5) is 14.9 Å². The molecule has 0 saturated heterocycles. The molecule has 22 heavy (non-hydrogen) atoms. The van der Waals surface area contributed by atoms with Crippen LogP contribution >= 0.6 is 0 Å². The highest BCUT2D eigenvalue weighted by Gasteiger charge is 2.10. The number of carbonyl (C=O) groups is 1. The Balaban J connectivity index is 1.95. The number of aliphatic hydroxyl groups is 1. The van der Waals surface area contributed by atoms with Crippen LogP contribution in [0.25, 0.3) is 0 Å². The van der Waals surface area contributed by atoms with Crippen molar-refractivity contribution in [1.29, 1.82) is 0 Å². The number of aliphatic hydroxyl groups excluding tert-OH is 1. The van der Waals surface area contributed by atoms with Gasteiger partial charge in [-0.3, -0.25) is 5.32 Å². The molecule has 0 spiro atoms. The van der Waals surface area contributed by atoms with Gasteiger partial charge in [-0.2, -0.15) is 0 Å². The minimum absolute atomic E-state index is 0.00278. The maximum Gasteiger partial charge on any atom is 0.412 e. The summed E-state index contributed by atoms with van der Waals surface area (Å²) < 4.78 is 23.4. The Hall–Kier alpha value is -2.60. The lowest BCUT2D eigenvalue weighted by molar-refractivity contribution is 0.155. The summed E-state index contributed by atoms with van der Waals surface area (Å²) in [5, 5.41) is 11.2. The van der Waals surface area contributed by atoms with Gasteiger partial charge >= 0.3 is 6.09 Å². The first-order valence-electron chi connectivity index (χ1n) is 6.70. The van der Waals surface area contributed by atoms with Gasteiger partial charge in [0.05, 0.1) is 12.3 Å². The van der Waals surface area contributed by atoms with Crippen molar-refractivity contribution in [3.05, 3.63) is 59.9 Å². The van der Waals surface area contributed by atoms with E-state index < -0.39 is 11.9 Å². The molecule has 5 nitrogen and oxygen atoms in total. The molecule has 0 radical (unpaired) electrons. The Kier molecular flexibility index (Phi) is 5.73. The maximum absolute atomic E-state index is 13.2. The van der Waals surface area contributed by atoms with E-state index in [1.165, 1.54) is 12.1 Å². The molecule has 2 N–H and O–H groups in total. The quantitative estimate of drug-likeness (QED) is 0.861. The lowest BCUT2D eigenvalue weighted by Gasteiger charge is -2.12. The monoisotopic (exact) mass is 305 g/mol. The van der Waals surface area contributed by atoms with Crippen LogP contribution < -0.4 is 10.1 Å². The van der Waals surface area contributed by atoms with Gasteiger partial charge in [0.1, 0.15) is 24.8 Å². The van der Waals surface area contributed by atoms with Gasteiger partial charge in [0.15, 0.2) is 0 Å². The summed E-state index contributed by atoms with van der Waals surface area (Å²) in [4.78, 5) is 11.8. The molecular weight excluding hydrogens is 289 g/mol. The Bertz CT molecular complexity index is 619. The van der Waals surface area contributed by atoms with Crippen LogP contribution in [0.5, 0.6) is 5.75 Å². The second-order valence-corrected chi connectivity index (χ2v) is 4.40. The average molecular weight is 305 g/mol. The highest BCUT2D eigenvalue weighted by atomic mass is 19.1. The molecule has 0 saturated carbocycles. The van der Waals surface area contributed by atoms with Crippen molar-refractivity contribution >= 4 is 11.8 Å². The zero-order chi connectivity index (χ0) is 15.8. The molecule has 0 aliphatic carbocycles. The second kappa shape index (κ2) is 7.99. The number of rotatable bonds is 6. The Morgan fingerprint density at radius 1 is 1.18 bits per heavy atom. The number of halogens is 1. The predicted molar refractivity (Wildman–Crippen MR) is 79.2 cm³/mol. The summed E-state index contributed by atoms with van der Waals surface area (Å²) in [6.45, 7) is -0.0910. The molecule has 2 aromatic rings. The van der Waals surface area contributed by atoms with Gasteiger partial charge in [-0.25, -0.2) is 9.18 Å². The third-order valence-corrected chi connectivity index (χ3v) is 2.74. The second-order valence-electron chi connectivity index (χ2n) is 4.40.